The number of rotatable bonds is 2. The van der Waals surface area contributed by atoms with Crippen molar-refractivity contribution in [1.29, 1.82) is 0 Å². The molecule has 6 heteroatoms. The largest absolute Gasteiger partial charge is 0.292 e. The highest BCUT2D eigenvalue weighted by atomic mass is 32.1. The molecule has 0 N–H and O–H groups in total. The van der Waals surface area contributed by atoms with Gasteiger partial charge in [-0.3, -0.25) is 14.2 Å². The fraction of sp³-hybridized carbons (Fsp3) is 0. The fourth-order valence-electron chi connectivity index (χ4n) is 3.89. The van der Waals surface area contributed by atoms with E-state index in [-0.39, 0.29) is 17.1 Å². The SMILES string of the molecule is O=C1C(=Cc2ccc(-n3ccc4cncnc43)s2)C(=O)c2cc3ccccc3cc21. The quantitative estimate of drug-likeness (QED) is 0.302. The van der Waals surface area contributed by atoms with Gasteiger partial charge in [0.25, 0.3) is 0 Å². The molecule has 142 valence electrons. The first kappa shape index (κ1) is 17.0. The first-order valence-corrected chi connectivity index (χ1v) is 10.2. The summed E-state index contributed by atoms with van der Waals surface area (Å²) in [5, 5.41) is 3.82. The van der Waals surface area contributed by atoms with E-state index in [0.29, 0.717) is 11.1 Å². The Hall–Kier alpha value is -3.90. The van der Waals surface area contributed by atoms with Gasteiger partial charge < -0.3 is 0 Å². The normalized spacial score (nSPS) is 13.4. The second-order valence-corrected chi connectivity index (χ2v) is 8.22. The first-order chi connectivity index (χ1) is 14.7. The van der Waals surface area contributed by atoms with Crippen molar-refractivity contribution >= 4 is 50.8 Å². The highest BCUT2D eigenvalue weighted by molar-refractivity contribution is 7.15. The first-order valence-electron chi connectivity index (χ1n) is 9.40. The lowest BCUT2D eigenvalue weighted by Gasteiger charge is -2.00. The van der Waals surface area contributed by atoms with Crippen molar-refractivity contribution in [3.63, 3.8) is 0 Å². The van der Waals surface area contributed by atoms with E-state index < -0.39 is 0 Å². The van der Waals surface area contributed by atoms with Crippen molar-refractivity contribution in [2.24, 2.45) is 0 Å². The second kappa shape index (κ2) is 6.30. The summed E-state index contributed by atoms with van der Waals surface area (Å²) in [5.74, 6) is -0.426. The predicted molar refractivity (Wildman–Crippen MR) is 117 cm³/mol. The Morgan fingerprint density at radius 1 is 0.867 bits per heavy atom. The molecule has 6 rings (SSSR count). The van der Waals surface area contributed by atoms with E-state index in [1.54, 1.807) is 12.3 Å². The molecule has 30 heavy (non-hydrogen) atoms. The Morgan fingerprint density at radius 2 is 1.60 bits per heavy atom. The number of aromatic nitrogens is 3. The molecule has 0 radical (unpaired) electrons. The zero-order valence-corrected chi connectivity index (χ0v) is 16.4. The summed E-state index contributed by atoms with van der Waals surface area (Å²) in [5.41, 5.74) is 2.00. The van der Waals surface area contributed by atoms with Gasteiger partial charge in [-0.1, -0.05) is 24.3 Å². The standard InChI is InChI=1S/C24H13N3O2S/c28-22-18-9-14-3-1-2-4-15(14)10-19(18)23(29)20(22)11-17-5-6-21(30-17)27-8-7-16-12-25-13-26-24(16)27/h1-13H. The molecular weight excluding hydrogens is 394 g/mol. The summed E-state index contributed by atoms with van der Waals surface area (Å²) >= 11 is 1.50. The maximum absolute atomic E-state index is 13.0. The van der Waals surface area contributed by atoms with Gasteiger partial charge in [-0.2, -0.15) is 0 Å². The van der Waals surface area contributed by atoms with Crippen molar-refractivity contribution in [1.82, 2.24) is 14.5 Å². The topological polar surface area (TPSA) is 64.8 Å². The molecule has 3 heterocycles. The highest BCUT2D eigenvalue weighted by Gasteiger charge is 2.33. The van der Waals surface area contributed by atoms with Crippen LogP contribution in [0.4, 0.5) is 0 Å². The van der Waals surface area contributed by atoms with E-state index in [9.17, 15) is 9.59 Å². The number of benzene rings is 2. The molecule has 0 atom stereocenters. The van der Waals surface area contributed by atoms with Gasteiger partial charge in [0.2, 0.25) is 0 Å². The molecule has 0 unspecified atom stereocenters. The van der Waals surface area contributed by atoms with E-state index in [4.69, 9.17) is 0 Å². The maximum atomic E-state index is 13.0. The van der Waals surface area contributed by atoms with Crippen LogP contribution in [-0.2, 0) is 0 Å². The van der Waals surface area contributed by atoms with Crippen molar-refractivity contribution in [2.75, 3.05) is 0 Å². The highest BCUT2D eigenvalue weighted by Crippen LogP contribution is 2.33. The molecule has 5 aromatic rings. The average molecular weight is 407 g/mol. The number of thiophene rings is 1. The van der Waals surface area contributed by atoms with Crippen LogP contribution in [0, 0.1) is 0 Å². The Labute approximate surface area is 174 Å². The average Bonchev–Trinajstić information content (AvgIpc) is 3.47. The van der Waals surface area contributed by atoms with Gasteiger partial charge in [0, 0.05) is 33.8 Å². The summed E-state index contributed by atoms with van der Waals surface area (Å²) in [6.45, 7) is 0. The zero-order valence-electron chi connectivity index (χ0n) is 15.6. The zero-order chi connectivity index (χ0) is 20.2. The molecule has 0 bridgehead atoms. The summed E-state index contributed by atoms with van der Waals surface area (Å²) in [6.07, 6.45) is 6.93. The van der Waals surface area contributed by atoms with Gasteiger partial charge in [-0.15, -0.1) is 11.3 Å². The van der Waals surface area contributed by atoms with Gasteiger partial charge in [0.15, 0.2) is 11.6 Å². The van der Waals surface area contributed by atoms with Gasteiger partial charge in [0.1, 0.15) is 17.0 Å². The molecule has 1 aliphatic carbocycles. The predicted octanol–water partition coefficient (Wildman–Crippen LogP) is 5.10. The minimum atomic E-state index is -0.213. The van der Waals surface area contributed by atoms with E-state index >= 15 is 0 Å². The van der Waals surface area contributed by atoms with Crippen LogP contribution in [0.3, 0.4) is 0 Å². The molecule has 5 nitrogen and oxygen atoms in total. The fourth-order valence-corrected chi connectivity index (χ4v) is 4.82. The number of nitrogens with zero attached hydrogens (tertiary/aromatic N) is 3. The Kier molecular flexibility index (Phi) is 3.57. The molecule has 0 saturated heterocycles. The molecular formula is C24H13N3O2S. The Balaban J connectivity index is 1.41. The molecule has 2 aromatic carbocycles. The van der Waals surface area contributed by atoms with E-state index in [1.165, 1.54) is 17.7 Å². The molecule has 3 aromatic heterocycles. The van der Waals surface area contributed by atoms with Crippen LogP contribution in [-0.4, -0.2) is 26.1 Å². The molecule has 1 aliphatic rings. The van der Waals surface area contributed by atoms with Crippen LogP contribution in [0.1, 0.15) is 25.6 Å². The number of allylic oxidation sites excluding steroid dienone is 1. The monoisotopic (exact) mass is 407 g/mol. The van der Waals surface area contributed by atoms with Crippen molar-refractivity contribution in [2.45, 2.75) is 0 Å². The number of carbonyl (C=O) groups is 2. The third kappa shape index (κ3) is 2.47. The second-order valence-electron chi connectivity index (χ2n) is 7.12. The smallest absolute Gasteiger partial charge is 0.197 e. The summed E-state index contributed by atoms with van der Waals surface area (Å²) in [7, 11) is 0. The van der Waals surface area contributed by atoms with Crippen LogP contribution < -0.4 is 0 Å². The van der Waals surface area contributed by atoms with Crippen molar-refractivity contribution < 1.29 is 9.59 Å². The third-order valence-electron chi connectivity index (χ3n) is 5.35. The number of ketones is 2. The lowest BCUT2D eigenvalue weighted by molar-refractivity contribution is 0.0990. The number of Topliss-reactive ketones (excluding diaryl/α,β-unsaturated/α-hetero) is 2. The number of hydrogen-bond acceptors (Lipinski definition) is 5. The maximum Gasteiger partial charge on any atom is 0.197 e. The van der Waals surface area contributed by atoms with Crippen molar-refractivity contribution in [3.05, 3.63) is 94.9 Å². The summed E-state index contributed by atoms with van der Waals surface area (Å²) in [6, 6.07) is 17.2. The third-order valence-corrected chi connectivity index (χ3v) is 6.38. The summed E-state index contributed by atoms with van der Waals surface area (Å²) < 4.78 is 1.98. The molecule has 0 amide bonds. The number of hydrogen-bond donors (Lipinski definition) is 0. The molecule has 0 aliphatic heterocycles. The van der Waals surface area contributed by atoms with Gasteiger partial charge in [-0.05, 0) is 47.2 Å². The Morgan fingerprint density at radius 3 is 2.33 bits per heavy atom. The lowest BCUT2D eigenvalue weighted by atomic mass is 10.0. The van der Waals surface area contributed by atoms with Crippen molar-refractivity contribution in [3.8, 4) is 5.00 Å². The van der Waals surface area contributed by atoms with Gasteiger partial charge in [0.05, 0.1) is 5.57 Å². The van der Waals surface area contributed by atoms with Crippen LogP contribution in [0.2, 0.25) is 0 Å². The van der Waals surface area contributed by atoms with Gasteiger partial charge in [-0.25, -0.2) is 9.97 Å². The molecule has 0 spiro atoms. The minimum Gasteiger partial charge on any atom is -0.292 e. The number of fused-ring (bicyclic) bond motifs is 3. The molecule has 0 saturated carbocycles. The Bertz CT molecular complexity index is 1480. The van der Waals surface area contributed by atoms with E-state index in [0.717, 1.165) is 31.7 Å². The number of carbonyl (C=O) groups excluding carboxylic acids is 2. The van der Waals surface area contributed by atoms with Gasteiger partial charge >= 0.3 is 0 Å². The van der Waals surface area contributed by atoms with E-state index in [2.05, 4.69) is 9.97 Å². The van der Waals surface area contributed by atoms with Crippen LogP contribution in [0.5, 0.6) is 0 Å². The minimum absolute atomic E-state index is 0.213. The summed E-state index contributed by atoms with van der Waals surface area (Å²) in [4.78, 5) is 35.1. The van der Waals surface area contributed by atoms with Crippen LogP contribution >= 0.6 is 11.3 Å². The van der Waals surface area contributed by atoms with E-state index in [1.807, 2.05) is 65.4 Å². The lowest BCUT2D eigenvalue weighted by Crippen LogP contribution is -1.99. The van der Waals surface area contributed by atoms with Crippen LogP contribution in [0.25, 0.3) is 32.9 Å². The van der Waals surface area contributed by atoms with Crippen LogP contribution in [0.15, 0.2) is 78.9 Å². The molecule has 0 fully saturated rings.